The van der Waals surface area contributed by atoms with Crippen LogP contribution >= 0.6 is 0 Å². The van der Waals surface area contributed by atoms with Crippen molar-refractivity contribution in [3.63, 3.8) is 0 Å². The lowest BCUT2D eigenvalue weighted by Crippen LogP contribution is -2.48. The molecule has 0 aliphatic carbocycles. The van der Waals surface area contributed by atoms with Gasteiger partial charge in [-0.15, -0.1) is 0 Å². The van der Waals surface area contributed by atoms with Crippen LogP contribution in [-0.4, -0.2) is 17.6 Å². The molecule has 0 radical (unpaired) electrons. The lowest BCUT2D eigenvalue weighted by molar-refractivity contribution is -0.954. The molecule has 0 aromatic heterocycles. The summed E-state index contributed by atoms with van der Waals surface area (Å²) in [6.45, 7) is 9.49. The van der Waals surface area contributed by atoms with Crippen molar-refractivity contribution in [1.82, 2.24) is 0 Å². The summed E-state index contributed by atoms with van der Waals surface area (Å²) in [5.74, 6) is 0. The molecular formula is C46H76N+. The number of quaternary nitrogens is 1. The van der Waals surface area contributed by atoms with Crippen LogP contribution in [0.4, 0.5) is 0 Å². The van der Waals surface area contributed by atoms with Gasteiger partial charge >= 0.3 is 0 Å². The zero-order chi connectivity index (χ0) is 33.4. The minimum atomic E-state index is 1.16. The third kappa shape index (κ3) is 23.0. The van der Waals surface area contributed by atoms with E-state index >= 15 is 0 Å². The van der Waals surface area contributed by atoms with Gasteiger partial charge in [-0.1, -0.05) is 189 Å². The van der Waals surface area contributed by atoms with E-state index in [1.165, 1.54) is 183 Å². The number of hydrogen-bond donors (Lipinski definition) is 0. The third-order valence-electron chi connectivity index (χ3n) is 10.0. The minimum absolute atomic E-state index is 1.16. The molecule has 47 heavy (non-hydrogen) atoms. The molecule has 0 aliphatic rings. The van der Waals surface area contributed by atoms with Gasteiger partial charge in [-0.3, -0.25) is 0 Å². The molecule has 2 rings (SSSR count). The zero-order valence-corrected chi connectivity index (χ0v) is 31.3. The van der Waals surface area contributed by atoms with Crippen LogP contribution in [0, 0.1) is 0 Å². The maximum atomic E-state index is 2.42. The highest BCUT2D eigenvalue weighted by molar-refractivity contribution is 5.15. The predicted molar refractivity (Wildman–Crippen MR) is 211 cm³/mol. The molecule has 0 N–H and O–H groups in total. The highest BCUT2D eigenvalue weighted by atomic mass is 15.3. The maximum Gasteiger partial charge on any atom is 0.105 e. The molecule has 264 valence electrons. The Hall–Kier alpha value is -2.12. The van der Waals surface area contributed by atoms with Gasteiger partial charge in [0.15, 0.2) is 0 Å². The number of hydrogen-bond acceptors (Lipinski definition) is 0. The topological polar surface area (TPSA) is 0 Å². The van der Waals surface area contributed by atoms with Gasteiger partial charge in [0.05, 0.1) is 13.1 Å². The van der Waals surface area contributed by atoms with Gasteiger partial charge in [-0.25, -0.2) is 0 Å². The van der Waals surface area contributed by atoms with Gasteiger partial charge in [-0.2, -0.15) is 0 Å². The number of allylic oxidation sites excluding steroid dienone is 4. The quantitative estimate of drug-likeness (QED) is 0.0423. The Bertz CT molecular complexity index is 893. The average Bonchev–Trinajstić information content (AvgIpc) is 3.09. The fraction of sp³-hybridized carbons (Fsp3) is 0.652. The summed E-state index contributed by atoms with van der Waals surface area (Å²) < 4.78 is 1.21. The van der Waals surface area contributed by atoms with Crippen LogP contribution in [0.5, 0.6) is 0 Å². The average molecular weight is 643 g/mol. The van der Waals surface area contributed by atoms with E-state index in [9.17, 15) is 0 Å². The van der Waals surface area contributed by atoms with Crippen LogP contribution < -0.4 is 0 Å². The Morgan fingerprint density at radius 3 is 1.00 bits per heavy atom. The first-order valence-corrected chi connectivity index (χ1v) is 20.5. The molecule has 1 heteroatoms. The lowest BCUT2D eigenvalue weighted by atomic mass is 10.0. The summed E-state index contributed by atoms with van der Waals surface area (Å²) in [4.78, 5) is 0. The standard InChI is InChI=1S/C46H76N/c1-3-5-7-9-11-13-15-17-19-21-23-25-27-35-41-47(43-45-37-31-29-32-38-45,44-46-39-33-30-34-40-46)42-36-28-26-24-22-20-18-16-14-12-10-8-6-4-2/h9-12,29-34,37-40H,3-8,13-28,35-36,41-44H2,1-2H3/q+1/b11-9+,12-10+. The molecule has 0 saturated carbocycles. The first kappa shape index (κ1) is 41.1. The van der Waals surface area contributed by atoms with Crippen LogP contribution in [0.1, 0.15) is 179 Å². The predicted octanol–water partition coefficient (Wildman–Crippen LogP) is 14.7. The van der Waals surface area contributed by atoms with Crippen molar-refractivity contribution in [2.24, 2.45) is 0 Å². The van der Waals surface area contributed by atoms with E-state index in [-0.39, 0.29) is 0 Å². The Kier molecular flexibility index (Phi) is 26.2. The van der Waals surface area contributed by atoms with Crippen LogP contribution in [0.3, 0.4) is 0 Å². The van der Waals surface area contributed by atoms with Crippen LogP contribution in [0.25, 0.3) is 0 Å². The zero-order valence-electron chi connectivity index (χ0n) is 31.3. The summed E-state index contributed by atoms with van der Waals surface area (Å²) in [7, 11) is 0. The first-order chi connectivity index (χ1) is 23.3. The summed E-state index contributed by atoms with van der Waals surface area (Å²) in [5, 5.41) is 0. The smallest absolute Gasteiger partial charge is 0.105 e. The van der Waals surface area contributed by atoms with Crippen LogP contribution in [0.2, 0.25) is 0 Å². The second kappa shape index (κ2) is 30.0. The molecule has 0 amide bonds. The van der Waals surface area contributed by atoms with E-state index in [1.54, 1.807) is 0 Å². The molecular weight excluding hydrogens is 567 g/mol. The monoisotopic (exact) mass is 643 g/mol. The molecule has 0 unspecified atom stereocenters. The fourth-order valence-electron chi connectivity index (χ4n) is 7.08. The first-order valence-electron chi connectivity index (χ1n) is 20.5. The summed E-state index contributed by atoms with van der Waals surface area (Å²) in [5.41, 5.74) is 3.01. The maximum absolute atomic E-state index is 2.42. The van der Waals surface area contributed by atoms with Crippen molar-refractivity contribution in [3.05, 3.63) is 96.1 Å². The number of unbranched alkanes of at least 4 members (excludes halogenated alkanes) is 20. The Morgan fingerprint density at radius 2 is 0.660 bits per heavy atom. The van der Waals surface area contributed by atoms with Gasteiger partial charge in [0.2, 0.25) is 0 Å². The van der Waals surface area contributed by atoms with E-state index in [4.69, 9.17) is 0 Å². The number of benzene rings is 2. The van der Waals surface area contributed by atoms with E-state index in [2.05, 4.69) is 98.8 Å². The molecule has 0 fully saturated rings. The van der Waals surface area contributed by atoms with Crippen molar-refractivity contribution < 1.29 is 4.48 Å². The van der Waals surface area contributed by atoms with Crippen molar-refractivity contribution in [1.29, 1.82) is 0 Å². The van der Waals surface area contributed by atoms with Crippen LogP contribution in [-0.2, 0) is 13.1 Å². The lowest BCUT2D eigenvalue weighted by Gasteiger charge is -2.39. The Morgan fingerprint density at radius 1 is 0.362 bits per heavy atom. The second-order valence-electron chi connectivity index (χ2n) is 14.5. The number of nitrogens with zero attached hydrogens (tertiary/aromatic N) is 1. The summed E-state index contributed by atoms with van der Waals surface area (Å²) in [6, 6.07) is 22.7. The van der Waals surface area contributed by atoms with Crippen molar-refractivity contribution in [2.45, 2.75) is 181 Å². The van der Waals surface area contributed by atoms with Gasteiger partial charge in [0, 0.05) is 11.1 Å². The highest BCUT2D eigenvalue weighted by Gasteiger charge is 2.27. The largest absolute Gasteiger partial charge is 0.316 e. The molecule has 0 saturated heterocycles. The third-order valence-corrected chi connectivity index (χ3v) is 10.0. The summed E-state index contributed by atoms with van der Waals surface area (Å²) in [6.07, 6.45) is 42.4. The van der Waals surface area contributed by atoms with Crippen molar-refractivity contribution >= 4 is 0 Å². The molecule has 0 spiro atoms. The van der Waals surface area contributed by atoms with Crippen molar-refractivity contribution in [3.8, 4) is 0 Å². The molecule has 0 bridgehead atoms. The molecule has 0 aliphatic heterocycles. The Labute approximate surface area is 293 Å². The SMILES string of the molecule is CCCC/C=C/CCCCCCCCCC[N+](CCCCCCCCCC/C=C/CCCC)(Cc1ccccc1)Cc1ccccc1. The molecule has 2 aromatic rings. The van der Waals surface area contributed by atoms with Crippen molar-refractivity contribution in [2.75, 3.05) is 13.1 Å². The minimum Gasteiger partial charge on any atom is -0.316 e. The van der Waals surface area contributed by atoms with Gasteiger partial charge < -0.3 is 4.48 Å². The fourth-order valence-corrected chi connectivity index (χ4v) is 7.08. The van der Waals surface area contributed by atoms with E-state index in [0.717, 1.165) is 13.1 Å². The van der Waals surface area contributed by atoms with Gasteiger partial charge in [-0.05, 0) is 64.2 Å². The second-order valence-corrected chi connectivity index (χ2v) is 14.5. The van der Waals surface area contributed by atoms with E-state index < -0.39 is 0 Å². The highest BCUT2D eigenvalue weighted by Crippen LogP contribution is 2.24. The summed E-state index contributed by atoms with van der Waals surface area (Å²) >= 11 is 0. The Balaban J connectivity index is 1.76. The van der Waals surface area contributed by atoms with Gasteiger partial charge in [0.25, 0.3) is 0 Å². The molecule has 0 heterocycles. The van der Waals surface area contributed by atoms with Gasteiger partial charge in [0.1, 0.15) is 13.1 Å². The van der Waals surface area contributed by atoms with E-state index in [0.29, 0.717) is 0 Å². The number of rotatable bonds is 32. The molecule has 0 atom stereocenters. The molecule has 1 nitrogen and oxygen atoms in total. The molecule has 2 aromatic carbocycles. The van der Waals surface area contributed by atoms with E-state index in [1.807, 2.05) is 0 Å². The normalized spacial score (nSPS) is 12.1. The van der Waals surface area contributed by atoms with Crippen LogP contribution in [0.15, 0.2) is 85.0 Å².